The number of nitrogens with one attached hydrogen (secondary N) is 1. The van der Waals surface area contributed by atoms with Crippen molar-refractivity contribution in [1.82, 2.24) is 0 Å². The predicted octanol–water partition coefficient (Wildman–Crippen LogP) is 3.01. The van der Waals surface area contributed by atoms with E-state index in [1.807, 2.05) is 6.92 Å². The number of alkyl halides is 2. The maximum absolute atomic E-state index is 12.0. The Kier molecular flexibility index (Phi) is 5.98. The van der Waals surface area contributed by atoms with E-state index < -0.39 is 12.7 Å². The number of carbonyl (C=O) groups is 1. The van der Waals surface area contributed by atoms with Gasteiger partial charge in [0, 0.05) is 5.69 Å². The van der Waals surface area contributed by atoms with Crippen LogP contribution in [0.25, 0.3) is 0 Å². The molecule has 0 radical (unpaired) electrons. The van der Waals surface area contributed by atoms with Gasteiger partial charge in [-0.2, -0.15) is 8.78 Å². The van der Waals surface area contributed by atoms with Crippen molar-refractivity contribution in [3.63, 3.8) is 0 Å². The van der Waals surface area contributed by atoms with Gasteiger partial charge in [-0.1, -0.05) is 24.9 Å². The third kappa shape index (κ3) is 5.00. The highest BCUT2D eigenvalue weighted by Gasteiger charge is 2.14. The van der Waals surface area contributed by atoms with Crippen molar-refractivity contribution in [2.24, 2.45) is 5.73 Å². The van der Waals surface area contributed by atoms with Crippen molar-refractivity contribution < 1.29 is 18.3 Å². The van der Waals surface area contributed by atoms with Crippen molar-refractivity contribution >= 4 is 23.2 Å². The van der Waals surface area contributed by atoms with E-state index in [1.54, 1.807) is 0 Å². The van der Waals surface area contributed by atoms with Crippen LogP contribution in [0.15, 0.2) is 18.2 Å². The Morgan fingerprint density at radius 1 is 1.53 bits per heavy atom. The first-order valence-corrected chi connectivity index (χ1v) is 6.12. The summed E-state index contributed by atoms with van der Waals surface area (Å²) in [4.78, 5) is 11.6. The lowest BCUT2D eigenvalue weighted by Crippen LogP contribution is -2.35. The molecule has 7 heteroatoms. The average Bonchev–Trinajstić information content (AvgIpc) is 2.32. The number of nitrogens with two attached hydrogens (primary N) is 1. The highest BCUT2D eigenvalue weighted by atomic mass is 35.5. The summed E-state index contributed by atoms with van der Waals surface area (Å²) in [6.45, 7) is -1.03. The monoisotopic (exact) mass is 292 g/mol. The molecule has 1 aromatic carbocycles. The van der Waals surface area contributed by atoms with Crippen LogP contribution in [0, 0.1) is 0 Å². The van der Waals surface area contributed by atoms with Crippen LogP contribution in [0.5, 0.6) is 5.75 Å². The molecular formula is C12H15ClF2N2O2. The molecule has 4 nitrogen and oxygen atoms in total. The van der Waals surface area contributed by atoms with Crippen LogP contribution in [0.2, 0.25) is 5.02 Å². The van der Waals surface area contributed by atoms with Crippen molar-refractivity contribution in [2.45, 2.75) is 32.4 Å². The number of amides is 1. The maximum atomic E-state index is 12.0. The first-order valence-electron chi connectivity index (χ1n) is 5.74. The maximum Gasteiger partial charge on any atom is 0.387 e. The third-order valence-corrected chi connectivity index (χ3v) is 2.65. The molecule has 106 valence electrons. The highest BCUT2D eigenvalue weighted by Crippen LogP contribution is 2.28. The van der Waals surface area contributed by atoms with Gasteiger partial charge in [0.2, 0.25) is 5.91 Å². The quantitative estimate of drug-likeness (QED) is 0.847. The fourth-order valence-electron chi connectivity index (χ4n) is 1.45. The summed E-state index contributed by atoms with van der Waals surface area (Å²) >= 11 is 5.76. The van der Waals surface area contributed by atoms with Crippen LogP contribution in [0.1, 0.15) is 19.8 Å². The Labute approximate surface area is 114 Å². The fourth-order valence-corrected chi connectivity index (χ4v) is 1.67. The van der Waals surface area contributed by atoms with Gasteiger partial charge in [0.1, 0.15) is 5.75 Å². The standard InChI is InChI=1S/C12H15ClF2N2O2/c1-2-3-9(16)11(18)17-7-4-5-10(8(13)6-7)19-12(14)15/h4-6,9,12H,2-3,16H2,1H3,(H,17,18)/t9-/m1/s1. The Bertz CT molecular complexity index is 444. The number of rotatable bonds is 6. The van der Waals surface area contributed by atoms with Crippen molar-refractivity contribution in [1.29, 1.82) is 0 Å². The van der Waals surface area contributed by atoms with Crippen LogP contribution in [0.3, 0.4) is 0 Å². The van der Waals surface area contributed by atoms with Gasteiger partial charge in [-0.15, -0.1) is 0 Å². The summed E-state index contributed by atoms with van der Waals surface area (Å²) in [5, 5.41) is 2.54. The summed E-state index contributed by atoms with van der Waals surface area (Å²) in [6, 6.07) is 3.39. The minimum atomic E-state index is -2.95. The Balaban J connectivity index is 2.70. The molecule has 1 rings (SSSR count). The second-order valence-corrected chi connectivity index (χ2v) is 4.32. The Hall–Kier alpha value is -1.40. The zero-order valence-corrected chi connectivity index (χ0v) is 11.1. The zero-order chi connectivity index (χ0) is 14.4. The highest BCUT2D eigenvalue weighted by molar-refractivity contribution is 6.32. The van der Waals surface area contributed by atoms with Gasteiger partial charge < -0.3 is 15.8 Å². The van der Waals surface area contributed by atoms with E-state index in [-0.39, 0.29) is 16.7 Å². The number of hydrogen-bond acceptors (Lipinski definition) is 3. The zero-order valence-electron chi connectivity index (χ0n) is 10.3. The lowest BCUT2D eigenvalue weighted by atomic mass is 10.1. The number of anilines is 1. The van der Waals surface area contributed by atoms with E-state index in [9.17, 15) is 13.6 Å². The van der Waals surface area contributed by atoms with Crippen molar-refractivity contribution in [3.8, 4) is 5.75 Å². The number of ether oxygens (including phenoxy) is 1. The fraction of sp³-hybridized carbons (Fsp3) is 0.417. The van der Waals surface area contributed by atoms with Gasteiger partial charge in [0.05, 0.1) is 11.1 Å². The van der Waals surface area contributed by atoms with Gasteiger partial charge in [0.25, 0.3) is 0 Å². The number of halogens is 3. The lowest BCUT2D eigenvalue weighted by molar-refractivity contribution is -0.117. The molecule has 0 bridgehead atoms. The van der Waals surface area contributed by atoms with E-state index in [2.05, 4.69) is 10.1 Å². The third-order valence-electron chi connectivity index (χ3n) is 2.35. The predicted molar refractivity (Wildman–Crippen MR) is 69.6 cm³/mol. The lowest BCUT2D eigenvalue weighted by Gasteiger charge is -2.12. The Morgan fingerprint density at radius 3 is 2.74 bits per heavy atom. The molecule has 0 aliphatic carbocycles. The molecule has 0 aliphatic rings. The van der Waals surface area contributed by atoms with E-state index >= 15 is 0 Å². The first kappa shape index (κ1) is 15.7. The molecule has 0 aliphatic heterocycles. The molecule has 19 heavy (non-hydrogen) atoms. The van der Waals surface area contributed by atoms with Crippen LogP contribution in [-0.2, 0) is 4.79 Å². The molecule has 0 aromatic heterocycles. The van der Waals surface area contributed by atoms with E-state index in [4.69, 9.17) is 17.3 Å². The van der Waals surface area contributed by atoms with E-state index in [0.717, 1.165) is 6.42 Å². The molecule has 0 heterocycles. The summed E-state index contributed by atoms with van der Waals surface area (Å²) in [7, 11) is 0. The normalized spacial score (nSPS) is 12.3. The van der Waals surface area contributed by atoms with Crippen molar-refractivity contribution in [3.05, 3.63) is 23.2 Å². The molecular weight excluding hydrogens is 278 g/mol. The SMILES string of the molecule is CCC[C@@H](N)C(=O)Nc1ccc(OC(F)F)c(Cl)c1. The van der Waals surface area contributed by atoms with Crippen LogP contribution in [-0.4, -0.2) is 18.6 Å². The molecule has 0 saturated carbocycles. The number of carbonyl (C=O) groups excluding carboxylic acids is 1. The summed E-state index contributed by atoms with van der Waals surface area (Å²) in [5.74, 6) is -0.493. The second kappa shape index (κ2) is 7.25. The van der Waals surface area contributed by atoms with Crippen LogP contribution >= 0.6 is 11.6 Å². The molecule has 1 atom stereocenters. The van der Waals surface area contributed by atoms with Crippen LogP contribution < -0.4 is 15.8 Å². The van der Waals surface area contributed by atoms with Crippen molar-refractivity contribution in [2.75, 3.05) is 5.32 Å². The summed E-state index contributed by atoms with van der Waals surface area (Å²) in [5.41, 5.74) is 6.02. The minimum Gasteiger partial charge on any atom is -0.433 e. The van der Waals surface area contributed by atoms with Gasteiger partial charge in [0.15, 0.2) is 0 Å². The number of benzene rings is 1. The Morgan fingerprint density at radius 2 is 2.21 bits per heavy atom. The van der Waals surface area contributed by atoms with Crippen LogP contribution in [0.4, 0.5) is 14.5 Å². The number of hydrogen-bond donors (Lipinski definition) is 2. The molecule has 0 saturated heterocycles. The minimum absolute atomic E-state index is 0.0119. The summed E-state index contributed by atoms with van der Waals surface area (Å²) in [6.07, 6.45) is 1.35. The topological polar surface area (TPSA) is 64.4 Å². The largest absolute Gasteiger partial charge is 0.433 e. The van der Waals surface area contributed by atoms with Gasteiger partial charge in [-0.05, 0) is 24.6 Å². The molecule has 3 N–H and O–H groups in total. The molecule has 0 spiro atoms. The first-order chi connectivity index (χ1) is 8.93. The molecule has 0 unspecified atom stereocenters. The van der Waals surface area contributed by atoms with Gasteiger partial charge in [-0.3, -0.25) is 4.79 Å². The van der Waals surface area contributed by atoms with Gasteiger partial charge >= 0.3 is 6.61 Å². The smallest absolute Gasteiger partial charge is 0.387 e. The molecule has 0 fully saturated rings. The average molecular weight is 293 g/mol. The molecule has 1 amide bonds. The van der Waals surface area contributed by atoms with E-state index in [0.29, 0.717) is 12.1 Å². The summed E-state index contributed by atoms with van der Waals surface area (Å²) < 4.78 is 28.3. The molecule has 1 aromatic rings. The van der Waals surface area contributed by atoms with Gasteiger partial charge in [-0.25, -0.2) is 0 Å². The second-order valence-electron chi connectivity index (χ2n) is 3.91. The van der Waals surface area contributed by atoms with E-state index in [1.165, 1.54) is 18.2 Å².